The molecule has 0 amide bonds. The van der Waals surface area contributed by atoms with E-state index in [-0.39, 0.29) is 0 Å². The maximum absolute atomic E-state index is 6.24. The summed E-state index contributed by atoms with van der Waals surface area (Å²) in [7, 11) is 0. The molecule has 1 heterocycles. The van der Waals surface area contributed by atoms with Crippen molar-refractivity contribution in [1.29, 1.82) is 0 Å². The van der Waals surface area contributed by atoms with Crippen molar-refractivity contribution in [2.75, 3.05) is 19.6 Å². The summed E-state index contributed by atoms with van der Waals surface area (Å²) in [5, 5.41) is 1.37. The zero-order valence-corrected chi connectivity index (χ0v) is 13.0. The Morgan fingerprint density at radius 3 is 2.84 bits per heavy atom. The first-order chi connectivity index (χ1) is 9.15. The van der Waals surface area contributed by atoms with E-state index in [1.54, 1.807) is 0 Å². The van der Waals surface area contributed by atoms with E-state index in [0.717, 1.165) is 12.5 Å². The highest BCUT2D eigenvalue weighted by atomic mass is 35.5. The molecular weight excluding hydrogens is 277 g/mol. The van der Waals surface area contributed by atoms with Gasteiger partial charge in [-0.3, -0.25) is 0 Å². The molecule has 1 nitrogen and oxygen atoms in total. The standard InChI is InChI=1S/C16H21Cl2N/c1-2-19-10-13-5-3-4-8-16(13,11-19)12-6-7-14(17)15(18)9-12/h6-7,9,13H,2-5,8,10-11H2,1H3/t13?,16-/m1/s1. The van der Waals surface area contributed by atoms with Crippen molar-refractivity contribution in [3.8, 4) is 0 Å². The summed E-state index contributed by atoms with van der Waals surface area (Å²) in [6, 6.07) is 6.28. The number of fused-ring (bicyclic) bond motifs is 1. The second-order valence-corrected chi connectivity index (χ2v) is 6.87. The average Bonchev–Trinajstić information content (AvgIpc) is 2.81. The lowest BCUT2D eigenvalue weighted by Gasteiger charge is -2.39. The molecule has 2 atom stereocenters. The van der Waals surface area contributed by atoms with Crippen LogP contribution in [0.25, 0.3) is 0 Å². The Morgan fingerprint density at radius 1 is 1.26 bits per heavy atom. The van der Waals surface area contributed by atoms with E-state index >= 15 is 0 Å². The van der Waals surface area contributed by atoms with Gasteiger partial charge in [-0.1, -0.05) is 49.0 Å². The number of hydrogen-bond acceptors (Lipinski definition) is 1. The van der Waals surface area contributed by atoms with Crippen LogP contribution in [0.5, 0.6) is 0 Å². The van der Waals surface area contributed by atoms with Gasteiger partial charge in [0.1, 0.15) is 0 Å². The van der Waals surface area contributed by atoms with Gasteiger partial charge >= 0.3 is 0 Å². The zero-order valence-electron chi connectivity index (χ0n) is 11.5. The highest BCUT2D eigenvalue weighted by molar-refractivity contribution is 6.42. The quantitative estimate of drug-likeness (QED) is 0.761. The molecule has 2 fully saturated rings. The Morgan fingerprint density at radius 2 is 2.11 bits per heavy atom. The molecule has 0 bridgehead atoms. The molecule has 0 radical (unpaired) electrons. The summed E-state index contributed by atoms with van der Waals surface area (Å²) < 4.78 is 0. The summed E-state index contributed by atoms with van der Waals surface area (Å²) in [5.41, 5.74) is 1.73. The van der Waals surface area contributed by atoms with E-state index in [4.69, 9.17) is 23.2 Å². The van der Waals surface area contributed by atoms with E-state index in [1.165, 1.54) is 44.3 Å². The molecular formula is C16H21Cl2N. The summed E-state index contributed by atoms with van der Waals surface area (Å²) >= 11 is 12.3. The number of halogens is 2. The van der Waals surface area contributed by atoms with Crippen LogP contribution in [0.2, 0.25) is 10.0 Å². The third-order valence-electron chi connectivity index (χ3n) is 5.13. The summed E-state index contributed by atoms with van der Waals surface area (Å²) in [4.78, 5) is 2.60. The van der Waals surface area contributed by atoms with Gasteiger partial charge in [0.25, 0.3) is 0 Å². The van der Waals surface area contributed by atoms with Gasteiger partial charge in [-0.05, 0) is 43.0 Å². The lowest BCUT2D eigenvalue weighted by molar-refractivity contribution is 0.241. The first-order valence-corrected chi connectivity index (χ1v) is 8.09. The molecule has 104 valence electrons. The van der Waals surface area contributed by atoms with Crippen LogP contribution in [0.3, 0.4) is 0 Å². The van der Waals surface area contributed by atoms with Crippen LogP contribution in [-0.2, 0) is 5.41 Å². The third-order valence-corrected chi connectivity index (χ3v) is 5.87. The summed E-state index contributed by atoms with van der Waals surface area (Å²) in [5.74, 6) is 0.790. The molecule has 1 aromatic carbocycles. The van der Waals surface area contributed by atoms with Crippen LogP contribution in [0.15, 0.2) is 18.2 Å². The van der Waals surface area contributed by atoms with Crippen LogP contribution in [0.1, 0.15) is 38.2 Å². The van der Waals surface area contributed by atoms with Crippen LogP contribution in [-0.4, -0.2) is 24.5 Å². The Labute approximate surface area is 125 Å². The van der Waals surface area contributed by atoms with Crippen molar-refractivity contribution < 1.29 is 0 Å². The molecule has 1 aliphatic carbocycles. The molecule has 1 unspecified atom stereocenters. The van der Waals surface area contributed by atoms with Crippen LogP contribution < -0.4 is 0 Å². The molecule has 3 rings (SSSR count). The first kappa shape index (κ1) is 13.7. The molecule has 1 aliphatic heterocycles. The molecule has 1 saturated heterocycles. The molecule has 2 aliphatic rings. The van der Waals surface area contributed by atoms with Gasteiger partial charge in [0.2, 0.25) is 0 Å². The monoisotopic (exact) mass is 297 g/mol. The fourth-order valence-corrected chi connectivity index (χ4v) is 4.38. The molecule has 0 spiro atoms. The number of benzene rings is 1. The van der Waals surface area contributed by atoms with Crippen LogP contribution in [0.4, 0.5) is 0 Å². The van der Waals surface area contributed by atoms with Crippen LogP contribution >= 0.6 is 23.2 Å². The number of likely N-dealkylation sites (tertiary alicyclic amines) is 1. The Balaban J connectivity index is 2.00. The minimum atomic E-state index is 0.322. The number of likely N-dealkylation sites (N-methyl/N-ethyl adjacent to an activating group) is 1. The lowest BCUT2D eigenvalue weighted by atomic mass is 9.64. The van der Waals surface area contributed by atoms with Crippen molar-refractivity contribution in [3.05, 3.63) is 33.8 Å². The van der Waals surface area contributed by atoms with Gasteiger partial charge < -0.3 is 4.90 Å². The smallest absolute Gasteiger partial charge is 0.0595 e. The van der Waals surface area contributed by atoms with Gasteiger partial charge in [0.05, 0.1) is 10.0 Å². The average molecular weight is 298 g/mol. The zero-order chi connectivity index (χ0) is 13.5. The van der Waals surface area contributed by atoms with Gasteiger partial charge in [-0.2, -0.15) is 0 Å². The highest BCUT2D eigenvalue weighted by Gasteiger charge is 2.48. The minimum Gasteiger partial charge on any atom is -0.302 e. The SMILES string of the molecule is CCN1CC2CCCC[C@]2(c2ccc(Cl)c(Cl)c2)C1. The topological polar surface area (TPSA) is 3.24 Å². The van der Waals surface area contributed by atoms with Crippen molar-refractivity contribution in [1.82, 2.24) is 4.90 Å². The largest absolute Gasteiger partial charge is 0.302 e. The van der Waals surface area contributed by atoms with E-state index in [0.29, 0.717) is 15.5 Å². The Bertz CT molecular complexity index is 474. The van der Waals surface area contributed by atoms with E-state index in [9.17, 15) is 0 Å². The normalized spacial score (nSPS) is 31.4. The molecule has 0 N–H and O–H groups in total. The predicted octanol–water partition coefficient (Wildman–Crippen LogP) is 4.76. The molecule has 19 heavy (non-hydrogen) atoms. The molecule has 1 aromatic rings. The highest BCUT2D eigenvalue weighted by Crippen LogP contribution is 2.49. The predicted molar refractivity (Wildman–Crippen MR) is 82.2 cm³/mol. The van der Waals surface area contributed by atoms with E-state index in [2.05, 4.69) is 24.0 Å². The van der Waals surface area contributed by atoms with Gasteiger partial charge in [0, 0.05) is 18.5 Å². The molecule has 0 aromatic heterocycles. The van der Waals surface area contributed by atoms with E-state index in [1.807, 2.05) is 6.07 Å². The lowest BCUT2D eigenvalue weighted by Crippen LogP contribution is -2.38. The van der Waals surface area contributed by atoms with Gasteiger partial charge in [-0.25, -0.2) is 0 Å². The fourth-order valence-electron chi connectivity index (χ4n) is 4.08. The minimum absolute atomic E-state index is 0.322. The Kier molecular flexibility index (Phi) is 3.81. The maximum atomic E-state index is 6.24. The van der Waals surface area contributed by atoms with Crippen molar-refractivity contribution in [2.45, 2.75) is 38.0 Å². The number of hydrogen-bond donors (Lipinski definition) is 0. The van der Waals surface area contributed by atoms with E-state index < -0.39 is 0 Å². The van der Waals surface area contributed by atoms with Crippen molar-refractivity contribution in [2.24, 2.45) is 5.92 Å². The Hall–Kier alpha value is -0.240. The maximum Gasteiger partial charge on any atom is 0.0595 e. The molecule has 3 heteroatoms. The van der Waals surface area contributed by atoms with Crippen molar-refractivity contribution >= 4 is 23.2 Å². The summed E-state index contributed by atoms with van der Waals surface area (Å²) in [6.07, 6.45) is 5.38. The fraction of sp³-hybridized carbons (Fsp3) is 0.625. The second kappa shape index (κ2) is 5.27. The van der Waals surface area contributed by atoms with Gasteiger partial charge in [0.15, 0.2) is 0 Å². The van der Waals surface area contributed by atoms with Crippen LogP contribution in [0, 0.1) is 5.92 Å². The third kappa shape index (κ3) is 2.30. The second-order valence-electron chi connectivity index (χ2n) is 6.06. The van der Waals surface area contributed by atoms with Crippen molar-refractivity contribution in [3.63, 3.8) is 0 Å². The summed E-state index contributed by atoms with van der Waals surface area (Å²) in [6.45, 7) is 5.85. The number of rotatable bonds is 2. The van der Waals surface area contributed by atoms with Gasteiger partial charge in [-0.15, -0.1) is 0 Å². The molecule has 1 saturated carbocycles. The first-order valence-electron chi connectivity index (χ1n) is 7.33. The number of nitrogens with zero attached hydrogens (tertiary/aromatic N) is 1.